The number of carbonyl (C=O) groups excluding carboxylic acids is 4. The van der Waals surface area contributed by atoms with Crippen molar-refractivity contribution in [2.75, 3.05) is 26.8 Å². The number of hydrogen-bond donors (Lipinski definition) is 3. The molecule has 260 valence electrons. The molecule has 0 aromatic heterocycles. The molecule has 4 aromatic carbocycles. The lowest BCUT2D eigenvalue weighted by Crippen LogP contribution is -2.54. The fourth-order valence-corrected chi connectivity index (χ4v) is 5.29. The number of ether oxygens (including phenoxy) is 3. The summed E-state index contributed by atoms with van der Waals surface area (Å²) in [5, 5.41) is 8.27. The number of para-hydroxylation sites is 3. The standard InChI is InChI=1S/C38H39FN4O7/c1-25(24-49-33-17-8-9-18-34(33)50-28-14-10-13-27(39)22-28)40-37(46)30-23-35(44)41-31(21-26-11-4-3-5-12-26)38(47)43(2)19-20-48-32-16-7-6-15-29(32)36(45)42-30/h3-18,22,25,30-31H,19-21,23-24H2,1-2H3,(H,40,46)(H,41,44)(H,42,45)/t25-,30+,31+/m1/s1. The molecule has 0 unspecified atom stereocenters. The number of nitrogens with one attached hydrogen (secondary N) is 3. The third-order valence-corrected chi connectivity index (χ3v) is 7.87. The number of hydrogen-bond acceptors (Lipinski definition) is 7. The molecule has 12 heteroatoms. The molecule has 4 aromatic rings. The van der Waals surface area contributed by atoms with E-state index in [1.54, 1.807) is 68.6 Å². The van der Waals surface area contributed by atoms with Crippen molar-refractivity contribution in [3.8, 4) is 23.0 Å². The summed E-state index contributed by atoms with van der Waals surface area (Å²) in [5.41, 5.74) is 1.01. The van der Waals surface area contributed by atoms with Crippen LogP contribution in [0.15, 0.2) is 103 Å². The van der Waals surface area contributed by atoms with Gasteiger partial charge in [0.1, 0.15) is 42.6 Å². The molecule has 1 aliphatic heterocycles. The van der Waals surface area contributed by atoms with Gasteiger partial charge in [-0.15, -0.1) is 0 Å². The van der Waals surface area contributed by atoms with Crippen LogP contribution in [0.4, 0.5) is 4.39 Å². The molecule has 11 nitrogen and oxygen atoms in total. The molecule has 0 saturated heterocycles. The maximum Gasteiger partial charge on any atom is 0.255 e. The fraction of sp³-hybridized carbons (Fsp3) is 0.263. The van der Waals surface area contributed by atoms with Crippen molar-refractivity contribution in [1.29, 1.82) is 0 Å². The first-order valence-corrected chi connectivity index (χ1v) is 16.2. The first kappa shape index (κ1) is 35.4. The van der Waals surface area contributed by atoms with Crippen LogP contribution in [0.5, 0.6) is 23.0 Å². The highest BCUT2D eigenvalue weighted by Gasteiger charge is 2.30. The van der Waals surface area contributed by atoms with Gasteiger partial charge >= 0.3 is 0 Å². The van der Waals surface area contributed by atoms with Gasteiger partial charge in [0.05, 0.1) is 24.6 Å². The van der Waals surface area contributed by atoms with Crippen molar-refractivity contribution in [2.24, 2.45) is 0 Å². The maximum atomic E-state index is 13.7. The van der Waals surface area contributed by atoms with Crippen molar-refractivity contribution in [2.45, 2.75) is 37.9 Å². The molecule has 3 N–H and O–H groups in total. The first-order valence-electron chi connectivity index (χ1n) is 16.2. The van der Waals surface area contributed by atoms with E-state index in [9.17, 15) is 23.6 Å². The Balaban J connectivity index is 1.31. The van der Waals surface area contributed by atoms with E-state index in [1.165, 1.54) is 23.1 Å². The van der Waals surface area contributed by atoms with Crippen LogP contribution >= 0.6 is 0 Å². The van der Waals surface area contributed by atoms with E-state index >= 15 is 0 Å². The highest BCUT2D eigenvalue weighted by atomic mass is 19.1. The monoisotopic (exact) mass is 682 g/mol. The van der Waals surface area contributed by atoms with Gasteiger partial charge < -0.3 is 35.1 Å². The van der Waals surface area contributed by atoms with Crippen LogP contribution in [0.25, 0.3) is 0 Å². The minimum atomic E-state index is -1.31. The smallest absolute Gasteiger partial charge is 0.255 e. The average molecular weight is 683 g/mol. The van der Waals surface area contributed by atoms with Crippen molar-refractivity contribution >= 4 is 23.6 Å². The predicted molar refractivity (Wildman–Crippen MR) is 184 cm³/mol. The van der Waals surface area contributed by atoms with Gasteiger partial charge in [-0.1, -0.05) is 60.7 Å². The summed E-state index contributed by atoms with van der Waals surface area (Å²) in [7, 11) is 1.62. The zero-order valence-electron chi connectivity index (χ0n) is 27.8. The summed E-state index contributed by atoms with van der Waals surface area (Å²) >= 11 is 0. The SMILES string of the molecule is C[C@H](COc1ccccc1Oc1cccc(F)c1)NC(=O)[C@@H]1CC(=O)N[C@@H](Cc2ccccc2)C(=O)N(C)CCOc2ccccc2C(=O)N1. The van der Waals surface area contributed by atoms with Gasteiger partial charge in [0.15, 0.2) is 11.5 Å². The van der Waals surface area contributed by atoms with Gasteiger partial charge in [0, 0.05) is 19.5 Å². The third kappa shape index (κ3) is 9.82. The number of rotatable bonds is 9. The summed E-state index contributed by atoms with van der Waals surface area (Å²) in [6, 6.07) is 25.5. The summed E-state index contributed by atoms with van der Waals surface area (Å²) in [6.07, 6.45) is -0.220. The Bertz CT molecular complexity index is 1800. The Morgan fingerprint density at radius 1 is 0.940 bits per heavy atom. The fourth-order valence-electron chi connectivity index (χ4n) is 5.29. The van der Waals surface area contributed by atoms with E-state index in [4.69, 9.17) is 14.2 Å². The average Bonchev–Trinajstić information content (AvgIpc) is 3.10. The molecule has 4 amide bonds. The maximum absolute atomic E-state index is 13.7. The minimum absolute atomic E-state index is 0.00120. The molecule has 50 heavy (non-hydrogen) atoms. The van der Waals surface area contributed by atoms with Crippen LogP contribution in [0.1, 0.15) is 29.3 Å². The molecule has 0 aliphatic carbocycles. The Morgan fingerprint density at radius 2 is 1.66 bits per heavy atom. The van der Waals surface area contributed by atoms with Crippen molar-refractivity contribution in [3.05, 3.63) is 120 Å². The summed E-state index contributed by atoms with van der Waals surface area (Å²) in [4.78, 5) is 55.6. The second-order valence-corrected chi connectivity index (χ2v) is 11.9. The van der Waals surface area contributed by atoms with Gasteiger partial charge in [-0.05, 0) is 48.9 Å². The molecule has 1 aliphatic rings. The normalized spacial score (nSPS) is 17.6. The predicted octanol–water partition coefficient (Wildman–Crippen LogP) is 4.27. The number of benzene rings is 4. The molecule has 0 saturated carbocycles. The number of halogens is 1. The first-order chi connectivity index (χ1) is 24.2. The van der Waals surface area contributed by atoms with E-state index in [0.717, 1.165) is 5.56 Å². The lowest BCUT2D eigenvalue weighted by molar-refractivity contribution is -0.136. The Labute approximate surface area is 289 Å². The number of nitrogens with zero attached hydrogens (tertiary/aromatic N) is 1. The van der Waals surface area contributed by atoms with Crippen molar-refractivity contribution in [3.63, 3.8) is 0 Å². The number of likely N-dealkylation sites (N-methyl/N-ethyl adjacent to an activating group) is 1. The number of amides is 4. The van der Waals surface area contributed by atoms with E-state index in [1.807, 2.05) is 30.3 Å². The van der Waals surface area contributed by atoms with E-state index in [-0.39, 0.29) is 49.1 Å². The second kappa shape index (κ2) is 17.0. The molecule has 0 radical (unpaired) electrons. The van der Waals surface area contributed by atoms with Crippen molar-refractivity contribution < 1.29 is 37.8 Å². The minimum Gasteiger partial charge on any atom is -0.491 e. The Kier molecular flexibility index (Phi) is 12.0. The highest BCUT2D eigenvalue weighted by molar-refractivity contribution is 6.01. The van der Waals surface area contributed by atoms with Gasteiger partial charge in [-0.2, -0.15) is 0 Å². The third-order valence-electron chi connectivity index (χ3n) is 7.87. The van der Waals surface area contributed by atoms with E-state index < -0.39 is 48.1 Å². The zero-order valence-corrected chi connectivity index (χ0v) is 27.8. The van der Waals surface area contributed by atoms with E-state index in [2.05, 4.69) is 16.0 Å². The van der Waals surface area contributed by atoms with Crippen LogP contribution < -0.4 is 30.2 Å². The Hall–Kier alpha value is -5.91. The van der Waals surface area contributed by atoms with E-state index in [0.29, 0.717) is 11.5 Å². The lowest BCUT2D eigenvalue weighted by atomic mass is 10.0. The quantitative estimate of drug-likeness (QED) is 0.240. The van der Waals surface area contributed by atoms with Gasteiger partial charge in [-0.3, -0.25) is 19.2 Å². The van der Waals surface area contributed by atoms with Crippen LogP contribution in [-0.2, 0) is 20.8 Å². The molecule has 3 atom stereocenters. The summed E-state index contributed by atoms with van der Waals surface area (Å²) < 4.78 is 31.4. The molecule has 5 rings (SSSR count). The van der Waals surface area contributed by atoms with Gasteiger partial charge in [-0.25, -0.2) is 4.39 Å². The van der Waals surface area contributed by atoms with Crippen LogP contribution in [-0.4, -0.2) is 73.5 Å². The van der Waals surface area contributed by atoms with Gasteiger partial charge in [0.25, 0.3) is 5.91 Å². The zero-order chi connectivity index (χ0) is 35.5. The van der Waals surface area contributed by atoms with Crippen LogP contribution in [0.3, 0.4) is 0 Å². The topological polar surface area (TPSA) is 135 Å². The summed E-state index contributed by atoms with van der Waals surface area (Å²) in [5.74, 6) is -1.35. The number of carbonyl (C=O) groups is 4. The highest BCUT2D eigenvalue weighted by Crippen LogP contribution is 2.31. The lowest BCUT2D eigenvalue weighted by Gasteiger charge is -2.27. The molecular weight excluding hydrogens is 643 g/mol. The number of fused-ring (bicyclic) bond motifs is 1. The van der Waals surface area contributed by atoms with Crippen molar-refractivity contribution in [1.82, 2.24) is 20.9 Å². The second-order valence-electron chi connectivity index (χ2n) is 11.9. The van der Waals surface area contributed by atoms with Crippen LogP contribution in [0, 0.1) is 5.82 Å². The molecular formula is C38H39FN4O7. The van der Waals surface area contributed by atoms with Gasteiger partial charge in [0.2, 0.25) is 17.7 Å². The Morgan fingerprint density at radius 3 is 2.44 bits per heavy atom. The molecule has 0 spiro atoms. The molecule has 0 bridgehead atoms. The largest absolute Gasteiger partial charge is 0.491 e. The summed E-state index contributed by atoms with van der Waals surface area (Å²) in [6.45, 7) is 2.00. The molecule has 0 fully saturated rings. The van der Waals surface area contributed by atoms with Crippen LogP contribution in [0.2, 0.25) is 0 Å². The molecule has 1 heterocycles.